The maximum Gasteiger partial charge on any atom is 0.326 e. The van der Waals surface area contributed by atoms with Crippen LogP contribution in [0.2, 0.25) is 0 Å². The van der Waals surface area contributed by atoms with E-state index in [0.29, 0.717) is 24.9 Å². The molecule has 1 heterocycles. The molecule has 0 saturated carbocycles. The monoisotopic (exact) mass is 452 g/mol. The summed E-state index contributed by atoms with van der Waals surface area (Å²) in [5, 5.41) is 23.8. The van der Waals surface area contributed by atoms with E-state index in [0.717, 1.165) is 0 Å². The third-order valence-corrected chi connectivity index (χ3v) is 5.40. The fourth-order valence-electron chi connectivity index (χ4n) is 3.37. The lowest BCUT2D eigenvalue weighted by Crippen LogP contribution is -2.57. The molecule has 0 aliphatic carbocycles. The van der Waals surface area contributed by atoms with E-state index in [2.05, 4.69) is 23.3 Å². The largest absolute Gasteiger partial charge is 0.508 e. The Morgan fingerprint density at radius 2 is 1.84 bits per heavy atom. The molecular formula is C20H28N4O6S. The highest BCUT2D eigenvalue weighted by Gasteiger charge is 2.36. The van der Waals surface area contributed by atoms with Gasteiger partial charge in [-0.1, -0.05) is 12.1 Å². The fraction of sp³-hybridized carbons (Fsp3) is 0.500. The molecule has 4 atom stereocenters. The molecule has 2 rings (SSSR count). The number of hydrogen-bond donors (Lipinski definition) is 6. The van der Waals surface area contributed by atoms with Gasteiger partial charge in [0.25, 0.3) is 0 Å². The number of nitrogens with two attached hydrogens (primary N) is 1. The van der Waals surface area contributed by atoms with Gasteiger partial charge < -0.3 is 31.5 Å². The Kier molecular flexibility index (Phi) is 8.69. The molecule has 3 amide bonds. The Morgan fingerprint density at radius 3 is 2.39 bits per heavy atom. The number of carboxylic acid groups (broad SMARTS) is 1. The minimum Gasteiger partial charge on any atom is -0.508 e. The molecule has 6 N–H and O–H groups in total. The Morgan fingerprint density at radius 1 is 1.19 bits per heavy atom. The second-order valence-electron chi connectivity index (χ2n) is 7.49. The van der Waals surface area contributed by atoms with Crippen molar-refractivity contribution in [3.63, 3.8) is 0 Å². The number of benzene rings is 1. The Hall–Kier alpha value is -2.79. The van der Waals surface area contributed by atoms with Gasteiger partial charge in [-0.05, 0) is 37.5 Å². The molecule has 0 bridgehead atoms. The van der Waals surface area contributed by atoms with Crippen molar-refractivity contribution in [2.45, 2.75) is 50.4 Å². The molecule has 0 aromatic heterocycles. The van der Waals surface area contributed by atoms with Gasteiger partial charge in [0.2, 0.25) is 17.7 Å². The molecular weight excluding hydrogens is 424 g/mol. The summed E-state index contributed by atoms with van der Waals surface area (Å²) in [6, 6.07) is 2.16. The molecule has 170 valence electrons. The first kappa shape index (κ1) is 24.5. The molecule has 1 aliphatic heterocycles. The van der Waals surface area contributed by atoms with E-state index in [4.69, 9.17) is 5.73 Å². The topological polar surface area (TPSA) is 162 Å². The molecule has 31 heavy (non-hydrogen) atoms. The van der Waals surface area contributed by atoms with Gasteiger partial charge in [-0.25, -0.2) is 4.79 Å². The molecule has 10 nitrogen and oxygen atoms in total. The summed E-state index contributed by atoms with van der Waals surface area (Å²) in [4.78, 5) is 50.5. The van der Waals surface area contributed by atoms with Gasteiger partial charge in [0.15, 0.2) is 0 Å². The van der Waals surface area contributed by atoms with Crippen LogP contribution in [0.15, 0.2) is 24.3 Å². The van der Waals surface area contributed by atoms with Crippen LogP contribution in [0.3, 0.4) is 0 Å². The van der Waals surface area contributed by atoms with E-state index in [1.165, 1.54) is 17.0 Å². The van der Waals surface area contributed by atoms with Crippen LogP contribution in [0.1, 0.15) is 25.3 Å². The maximum absolute atomic E-state index is 12.7. The van der Waals surface area contributed by atoms with Crippen molar-refractivity contribution < 1.29 is 29.4 Å². The molecule has 1 fully saturated rings. The highest BCUT2D eigenvalue weighted by atomic mass is 32.1. The number of aromatic hydroxyl groups is 1. The van der Waals surface area contributed by atoms with E-state index < -0.39 is 42.0 Å². The lowest BCUT2D eigenvalue weighted by atomic mass is 10.1. The number of phenolic OH excluding ortho intramolecular Hbond substituents is 1. The van der Waals surface area contributed by atoms with Crippen molar-refractivity contribution in [2.75, 3.05) is 12.3 Å². The standard InChI is InChI=1S/C20H28N4O6S/c1-11(21)19(28)24-8-2-3-16(24)18(27)23-15(10-31)17(26)22-14(20(29)30)9-12-4-6-13(25)7-5-12/h4-7,11,14-16,25,31H,2-3,8-10,21H2,1H3,(H,22,26)(H,23,27)(H,29,30). The number of thiol groups is 1. The molecule has 0 spiro atoms. The van der Waals surface area contributed by atoms with Gasteiger partial charge in [0.1, 0.15) is 23.9 Å². The van der Waals surface area contributed by atoms with E-state index >= 15 is 0 Å². The van der Waals surface area contributed by atoms with Gasteiger partial charge in [0, 0.05) is 18.7 Å². The molecule has 4 unspecified atom stereocenters. The third kappa shape index (κ3) is 6.59. The highest BCUT2D eigenvalue weighted by Crippen LogP contribution is 2.18. The summed E-state index contributed by atoms with van der Waals surface area (Å²) in [6.45, 7) is 1.95. The molecule has 0 radical (unpaired) electrons. The Balaban J connectivity index is 2.02. The first-order valence-corrected chi connectivity index (χ1v) is 10.6. The average Bonchev–Trinajstić information content (AvgIpc) is 3.21. The van der Waals surface area contributed by atoms with Gasteiger partial charge in [-0.15, -0.1) is 0 Å². The van der Waals surface area contributed by atoms with E-state index in [1.54, 1.807) is 19.1 Å². The number of rotatable bonds is 9. The fourth-order valence-corrected chi connectivity index (χ4v) is 3.62. The van der Waals surface area contributed by atoms with Crippen molar-refractivity contribution in [1.82, 2.24) is 15.5 Å². The zero-order chi connectivity index (χ0) is 23.1. The lowest BCUT2D eigenvalue weighted by Gasteiger charge is -2.27. The van der Waals surface area contributed by atoms with Crippen molar-refractivity contribution in [1.29, 1.82) is 0 Å². The first-order valence-electron chi connectivity index (χ1n) is 9.92. The second-order valence-corrected chi connectivity index (χ2v) is 7.86. The van der Waals surface area contributed by atoms with Crippen LogP contribution in [0.25, 0.3) is 0 Å². The molecule has 1 aliphatic rings. The van der Waals surface area contributed by atoms with Gasteiger partial charge in [-0.2, -0.15) is 12.6 Å². The summed E-state index contributed by atoms with van der Waals surface area (Å²) in [5.41, 5.74) is 6.24. The van der Waals surface area contributed by atoms with Crippen molar-refractivity contribution in [3.05, 3.63) is 29.8 Å². The molecule has 1 saturated heterocycles. The average molecular weight is 453 g/mol. The molecule has 1 aromatic carbocycles. The number of likely N-dealkylation sites (tertiary alicyclic amines) is 1. The number of carbonyl (C=O) groups is 4. The van der Waals surface area contributed by atoms with E-state index in [-0.39, 0.29) is 23.8 Å². The van der Waals surface area contributed by atoms with Crippen molar-refractivity contribution in [3.8, 4) is 5.75 Å². The number of phenols is 1. The SMILES string of the molecule is CC(N)C(=O)N1CCCC1C(=O)NC(CS)C(=O)NC(Cc1ccc(O)cc1)C(=O)O. The van der Waals surface area contributed by atoms with Crippen molar-refractivity contribution >= 4 is 36.3 Å². The highest BCUT2D eigenvalue weighted by molar-refractivity contribution is 7.80. The van der Waals surface area contributed by atoms with E-state index in [9.17, 15) is 29.4 Å². The normalized spacial score (nSPS) is 18.7. The van der Waals surface area contributed by atoms with Crippen LogP contribution < -0.4 is 16.4 Å². The zero-order valence-electron chi connectivity index (χ0n) is 17.2. The third-order valence-electron chi connectivity index (χ3n) is 5.03. The minimum absolute atomic E-state index is 0.00607. The Labute approximate surface area is 185 Å². The Bertz CT molecular complexity index is 816. The smallest absolute Gasteiger partial charge is 0.326 e. The number of nitrogens with zero attached hydrogens (tertiary/aromatic N) is 1. The molecule has 1 aromatic rings. The first-order chi connectivity index (χ1) is 14.6. The molecule has 11 heteroatoms. The maximum atomic E-state index is 12.7. The van der Waals surface area contributed by atoms with Gasteiger partial charge in [-0.3, -0.25) is 14.4 Å². The summed E-state index contributed by atoms with van der Waals surface area (Å²) in [6.07, 6.45) is 1.08. The van der Waals surface area contributed by atoms with Gasteiger partial charge in [0.05, 0.1) is 6.04 Å². The lowest BCUT2D eigenvalue weighted by molar-refractivity contribution is -0.142. The van der Waals surface area contributed by atoms with Crippen LogP contribution in [-0.4, -0.2) is 75.3 Å². The minimum atomic E-state index is -1.24. The number of hydrogen-bond acceptors (Lipinski definition) is 7. The predicted octanol–water partition coefficient (Wildman–Crippen LogP) is -0.743. The van der Waals surface area contributed by atoms with Crippen LogP contribution in [0.4, 0.5) is 0 Å². The number of carbonyl (C=O) groups excluding carboxylic acids is 3. The number of nitrogens with one attached hydrogen (secondary N) is 2. The number of aliphatic carboxylic acids is 1. The van der Waals surface area contributed by atoms with Crippen LogP contribution in [0.5, 0.6) is 5.75 Å². The number of amides is 3. The zero-order valence-corrected chi connectivity index (χ0v) is 18.0. The second kappa shape index (κ2) is 11.0. The van der Waals surface area contributed by atoms with Gasteiger partial charge >= 0.3 is 5.97 Å². The van der Waals surface area contributed by atoms with E-state index in [1.807, 2.05) is 0 Å². The quantitative estimate of drug-likeness (QED) is 0.269. The summed E-state index contributed by atoms with van der Waals surface area (Å²) in [5.74, 6) is -2.80. The van der Waals surface area contributed by atoms with Crippen LogP contribution in [-0.2, 0) is 25.6 Å². The van der Waals surface area contributed by atoms with Crippen LogP contribution >= 0.6 is 12.6 Å². The summed E-state index contributed by atoms with van der Waals surface area (Å²) in [7, 11) is 0. The summed E-state index contributed by atoms with van der Waals surface area (Å²) < 4.78 is 0. The summed E-state index contributed by atoms with van der Waals surface area (Å²) >= 11 is 4.10. The predicted molar refractivity (Wildman–Crippen MR) is 116 cm³/mol. The van der Waals surface area contributed by atoms with Crippen LogP contribution in [0, 0.1) is 0 Å². The van der Waals surface area contributed by atoms with Crippen molar-refractivity contribution in [2.24, 2.45) is 5.73 Å². The number of carboxylic acids is 1.